The monoisotopic (exact) mass is 583 g/mol. The molecule has 1 aromatic carbocycles. The minimum Gasteiger partial charge on any atom is -0.352 e. The summed E-state index contributed by atoms with van der Waals surface area (Å²) in [4.78, 5) is 24.2. The molecule has 0 radical (unpaired) electrons. The minimum absolute atomic E-state index is 0.109. The summed E-state index contributed by atoms with van der Waals surface area (Å²) in [5.74, 6) is -8.65. The van der Waals surface area contributed by atoms with E-state index in [0.29, 0.717) is 30.3 Å². The first-order chi connectivity index (χ1) is 17.4. The van der Waals surface area contributed by atoms with Crippen molar-refractivity contribution in [2.45, 2.75) is 43.3 Å². The van der Waals surface area contributed by atoms with E-state index in [-0.39, 0.29) is 22.5 Å². The fourth-order valence-corrected chi connectivity index (χ4v) is 5.41. The molecule has 1 heterocycles. The molecule has 3 N–H and O–H groups in total. The Hall–Kier alpha value is -2.96. The first-order valence-corrected chi connectivity index (χ1v) is 13.4. The maximum absolute atomic E-state index is 14.9. The van der Waals surface area contributed by atoms with E-state index < -0.39 is 49.9 Å². The highest BCUT2D eigenvalue weighted by Gasteiger charge is 2.77. The summed E-state index contributed by atoms with van der Waals surface area (Å²) < 4.78 is 94.7. The second-order valence-electron chi connectivity index (χ2n) is 9.21. The van der Waals surface area contributed by atoms with Gasteiger partial charge in [-0.25, -0.2) is 13.8 Å². The van der Waals surface area contributed by atoms with Crippen molar-refractivity contribution >= 4 is 38.9 Å². The van der Waals surface area contributed by atoms with E-state index >= 15 is 0 Å². The van der Waals surface area contributed by atoms with Gasteiger partial charge in [-0.15, -0.1) is 0 Å². The molecule has 1 aromatic rings. The van der Waals surface area contributed by atoms with E-state index in [1.807, 2.05) is 5.32 Å². The molecule has 2 amide bonds. The number of amides is 2. The van der Waals surface area contributed by atoms with Gasteiger partial charge in [0.1, 0.15) is 0 Å². The summed E-state index contributed by atoms with van der Waals surface area (Å²) in [5.41, 5.74) is -3.43. The van der Waals surface area contributed by atoms with Gasteiger partial charge >= 0.3 is 12.1 Å². The van der Waals surface area contributed by atoms with Crippen LogP contribution in [0, 0.1) is 16.7 Å². The van der Waals surface area contributed by atoms with E-state index in [4.69, 9.17) is 16.9 Å². The SMILES string of the molecule is CN1C=C(S(C)(=O)=O)C(C(=O)Nc2ccc(Cl)c(C(=O)NCCCC3(C#N)CC3)c2)(C(F)(F)C(F)(F)F)N1. The number of alkyl halides is 5. The molecular weight excluding hydrogens is 561 g/mol. The molecule has 9 nitrogen and oxygen atoms in total. The topological polar surface area (TPSA) is 131 Å². The lowest BCUT2D eigenvalue weighted by molar-refractivity contribution is -0.302. The average Bonchev–Trinajstić information content (AvgIpc) is 3.49. The Kier molecular flexibility index (Phi) is 7.77. The van der Waals surface area contributed by atoms with E-state index in [0.717, 1.165) is 38.1 Å². The zero-order chi connectivity index (χ0) is 28.7. The number of hydrogen-bond donors (Lipinski definition) is 3. The highest BCUT2D eigenvalue weighted by atomic mass is 35.5. The van der Waals surface area contributed by atoms with Crippen molar-refractivity contribution in [1.82, 2.24) is 15.8 Å². The Morgan fingerprint density at radius 2 is 1.87 bits per heavy atom. The lowest BCUT2D eigenvalue weighted by Crippen LogP contribution is -2.71. The predicted octanol–water partition coefficient (Wildman–Crippen LogP) is 3.36. The number of benzene rings is 1. The smallest absolute Gasteiger partial charge is 0.352 e. The maximum Gasteiger partial charge on any atom is 0.456 e. The number of rotatable bonds is 9. The molecule has 1 fully saturated rings. The van der Waals surface area contributed by atoms with Crippen LogP contribution in [0.3, 0.4) is 0 Å². The zero-order valence-electron chi connectivity index (χ0n) is 20.0. The zero-order valence-corrected chi connectivity index (χ0v) is 21.6. The summed E-state index contributed by atoms with van der Waals surface area (Å²) in [6, 6.07) is 5.33. The molecule has 1 aliphatic carbocycles. The van der Waals surface area contributed by atoms with Gasteiger partial charge < -0.3 is 15.6 Å². The third kappa shape index (κ3) is 5.43. The van der Waals surface area contributed by atoms with Crippen molar-refractivity contribution in [3.05, 3.63) is 39.9 Å². The van der Waals surface area contributed by atoms with Gasteiger partial charge in [0.25, 0.3) is 11.8 Å². The fraction of sp³-hybridized carbons (Fsp3) is 0.500. The quantitative estimate of drug-likeness (QED) is 0.300. The first kappa shape index (κ1) is 29.6. The number of sulfone groups is 1. The number of anilines is 1. The lowest BCUT2D eigenvalue weighted by Gasteiger charge is -2.38. The summed E-state index contributed by atoms with van der Waals surface area (Å²) in [6.07, 6.45) is -2.87. The summed E-state index contributed by atoms with van der Waals surface area (Å²) in [7, 11) is -3.82. The van der Waals surface area contributed by atoms with E-state index in [2.05, 4.69) is 11.4 Å². The van der Waals surface area contributed by atoms with Crippen molar-refractivity contribution in [2.24, 2.45) is 5.41 Å². The Bertz CT molecular complexity index is 1320. The van der Waals surface area contributed by atoms with E-state index in [9.17, 15) is 40.0 Å². The molecular formula is C22H23ClF5N5O4S. The molecule has 0 aromatic heterocycles. The highest BCUT2D eigenvalue weighted by Crippen LogP contribution is 2.50. The molecule has 38 heavy (non-hydrogen) atoms. The minimum atomic E-state index is -6.33. The van der Waals surface area contributed by atoms with Gasteiger partial charge in [0.2, 0.25) is 5.54 Å². The van der Waals surface area contributed by atoms with Crippen molar-refractivity contribution < 1.29 is 40.0 Å². The Balaban J connectivity index is 1.88. The van der Waals surface area contributed by atoms with Crippen molar-refractivity contribution in [1.29, 1.82) is 5.26 Å². The largest absolute Gasteiger partial charge is 0.456 e. The van der Waals surface area contributed by atoms with Crippen LogP contribution in [-0.2, 0) is 14.6 Å². The van der Waals surface area contributed by atoms with Crippen LogP contribution in [0.25, 0.3) is 0 Å². The number of nitrogens with one attached hydrogen (secondary N) is 3. The number of hydrazine groups is 1. The van der Waals surface area contributed by atoms with Gasteiger partial charge in [-0.1, -0.05) is 11.6 Å². The molecule has 3 rings (SSSR count). The van der Waals surface area contributed by atoms with Gasteiger partial charge in [0.15, 0.2) is 9.84 Å². The Labute approximate surface area is 219 Å². The van der Waals surface area contributed by atoms with Crippen LogP contribution in [0.4, 0.5) is 27.6 Å². The lowest BCUT2D eigenvalue weighted by atomic mass is 9.90. The molecule has 16 heteroatoms. The highest BCUT2D eigenvalue weighted by molar-refractivity contribution is 7.94. The van der Waals surface area contributed by atoms with Gasteiger partial charge in [-0.05, 0) is 43.9 Å². The first-order valence-electron chi connectivity index (χ1n) is 11.1. The second-order valence-corrected chi connectivity index (χ2v) is 11.6. The van der Waals surface area contributed by atoms with Gasteiger partial charge in [0, 0.05) is 31.7 Å². The van der Waals surface area contributed by atoms with Crippen LogP contribution < -0.4 is 16.1 Å². The summed E-state index contributed by atoms with van der Waals surface area (Å²) >= 11 is 6.04. The number of nitriles is 1. The van der Waals surface area contributed by atoms with Gasteiger partial charge in [-0.3, -0.25) is 9.59 Å². The average molecular weight is 584 g/mol. The van der Waals surface area contributed by atoms with Crippen LogP contribution in [-0.4, -0.2) is 62.7 Å². The molecule has 1 saturated carbocycles. The van der Waals surface area contributed by atoms with Crippen LogP contribution in [0.1, 0.15) is 36.0 Å². The van der Waals surface area contributed by atoms with Crippen molar-refractivity contribution in [3.63, 3.8) is 0 Å². The fourth-order valence-electron chi connectivity index (χ4n) is 4.04. The normalized spacial score (nSPS) is 20.9. The van der Waals surface area contributed by atoms with Crippen LogP contribution in [0.5, 0.6) is 0 Å². The molecule has 2 aliphatic rings. The van der Waals surface area contributed by atoms with E-state index in [1.165, 1.54) is 0 Å². The molecule has 0 saturated heterocycles. The number of nitrogens with zero attached hydrogens (tertiary/aromatic N) is 2. The predicted molar refractivity (Wildman–Crippen MR) is 126 cm³/mol. The van der Waals surface area contributed by atoms with Gasteiger partial charge in [-0.2, -0.15) is 27.2 Å². The standard InChI is InChI=1S/C22H23ClF5N5O4S/c1-33-11-16(38(2,36)37)20(32-33,21(24,25)22(26,27)28)18(35)31-13-4-5-15(23)14(10-13)17(34)30-9-3-6-19(12-29)7-8-19/h4-5,10-11,32H,3,6-9H2,1-2H3,(H,30,34)(H,31,35). The molecule has 0 bridgehead atoms. The number of carbonyl (C=O) groups excluding carboxylic acids is 2. The number of hydrogen-bond acceptors (Lipinski definition) is 7. The Morgan fingerprint density at radius 3 is 2.39 bits per heavy atom. The summed E-state index contributed by atoms with van der Waals surface area (Å²) in [6.45, 7) is 0.175. The second kappa shape index (κ2) is 9.97. The van der Waals surface area contributed by atoms with Crippen molar-refractivity contribution in [2.75, 3.05) is 25.2 Å². The number of carbonyl (C=O) groups is 2. The number of halogens is 6. The van der Waals surface area contributed by atoms with Crippen LogP contribution >= 0.6 is 11.6 Å². The third-order valence-electron chi connectivity index (χ3n) is 6.27. The summed E-state index contributed by atoms with van der Waals surface area (Å²) in [5, 5.41) is 13.9. The molecule has 1 unspecified atom stereocenters. The van der Waals surface area contributed by atoms with E-state index in [1.54, 1.807) is 5.43 Å². The van der Waals surface area contributed by atoms with Crippen LogP contribution in [0.15, 0.2) is 29.3 Å². The van der Waals surface area contributed by atoms with Crippen LogP contribution in [0.2, 0.25) is 5.02 Å². The maximum atomic E-state index is 14.9. The molecule has 208 valence electrons. The van der Waals surface area contributed by atoms with Crippen molar-refractivity contribution in [3.8, 4) is 6.07 Å². The molecule has 1 aliphatic heterocycles. The van der Waals surface area contributed by atoms with Gasteiger partial charge in [0.05, 0.1) is 27.0 Å². The molecule has 1 atom stereocenters. The molecule has 0 spiro atoms. The Morgan fingerprint density at radius 1 is 1.24 bits per heavy atom. The third-order valence-corrected chi connectivity index (χ3v) is 7.81.